The smallest absolute Gasteiger partial charge is 0.271 e. The van der Waals surface area contributed by atoms with Gasteiger partial charge in [-0.2, -0.15) is 0 Å². The molecule has 30 heavy (non-hydrogen) atoms. The first kappa shape index (κ1) is 19.4. The van der Waals surface area contributed by atoms with Gasteiger partial charge in [-0.05, 0) is 49.8 Å². The van der Waals surface area contributed by atoms with Crippen LogP contribution in [0.3, 0.4) is 0 Å². The van der Waals surface area contributed by atoms with Crippen molar-refractivity contribution in [3.05, 3.63) is 58.6 Å². The molecular weight excluding hydrogens is 394 g/mol. The Morgan fingerprint density at radius 3 is 2.67 bits per heavy atom. The molecule has 0 spiro atoms. The van der Waals surface area contributed by atoms with E-state index < -0.39 is 5.54 Å². The Hall–Kier alpha value is -2.60. The Morgan fingerprint density at radius 1 is 1.20 bits per heavy atom. The number of hydrogen-bond donors (Lipinski definition) is 1. The maximum Gasteiger partial charge on any atom is 0.271 e. The molecule has 3 heterocycles. The molecule has 0 saturated heterocycles. The summed E-state index contributed by atoms with van der Waals surface area (Å²) in [6, 6.07) is 12.4. The number of amides is 2. The van der Waals surface area contributed by atoms with Crippen molar-refractivity contribution >= 4 is 33.4 Å². The van der Waals surface area contributed by atoms with E-state index in [1.807, 2.05) is 41.1 Å². The summed E-state index contributed by atoms with van der Waals surface area (Å²) in [5.74, 6) is -0.117. The number of nitrogens with zero attached hydrogens (tertiary/aromatic N) is 2. The number of thiophene rings is 1. The van der Waals surface area contributed by atoms with Crippen molar-refractivity contribution in [3.8, 4) is 0 Å². The lowest BCUT2D eigenvalue weighted by molar-refractivity contribution is -0.133. The first-order valence-electron chi connectivity index (χ1n) is 10.7. The third-order valence-corrected chi connectivity index (χ3v) is 7.62. The molecule has 2 amide bonds. The molecule has 1 N–H and O–H groups in total. The Labute approximate surface area is 180 Å². The molecule has 0 bridgehead atoms. The molecule has 1 aliphatic heterocycles. The normalized spacial score (nSPS) is 21.9. The number of aromatic nitrogens is 1. The third-order valence-electron chi connectivity index (χ3n) is 6.67. The van der Waals surface area contributed by atoms with Crippen LogP contribution in [0.2, 0.25) is 0 Å². The van der Waals surface area contributed by atoms with Crippen molar-refractivity contribution in [2.75, 3.05) is 0 Å². The fourth-order valence-corrected chi connectivity index (χ4v) is 5.69. The molecule has 0 radical (unpaired) electrons. The fraction of sp³-hybridized carbons (Fsp3) is 0.417. The highest BCUT2D eigenvalue weighted by atomic mass is 32.1. The zero-order valence-electron chi connectivity index (χ0n) is 17.5. The molecular formula is C24H27N3O2S. The van der Waals surface area contributed by atoms with Gasteiger partial charge in [0, 0.05) is 18.0 Å². The van der Waals surface area contributed by atoms with Gasteiger partial charge in [-0.25, -0.2) is 0 Å². The fourth-order valence-electron chi connectivity index (χ4n) is 4.79. The van der Waals surface area contributed by atoms with Gasteiger partial charge >= 0.3 is 0 Å². The standard InChI is InChI=1S/C24H27N3O2S/c1-16-7-9-17(10-8-16)14-27-21(28)20-13-18-11-12-30-22(18)26(20)15-24(27,2)23(29)25-19-5-3-4-6-19/h7-13,19H,3-6,14-15H2,1-2H3,(H,25,29)/t24-/m0/s1. The number of benzene rings is 1. The summed E-state index contributed by atoms with van der Waals surface area (Å²) in [7, 11) is 0. The van der Waals surface area contributed by atoms with Gasteiger partial charge in [-0.1, -0.05) is 42.7 Å². The zero-order chi connectivity index (χ0) is 20.9. The Bertz CT molecular complexity index is 1110. The number of aryl methyl sites for hydroxylation is 1. The van der Waals surface area contributed by atoms with E-state index in [1.165, 1.54) is 5.56 Å². The van der Waals surface area contributed by atoms with Crippen molar-refractivity contribution in [1.29, 1.82) is 0 Å². The molecule has 5 rings (SSSR count). The van der Waals surface area contributed by atoms with Crippen LogP contribution in [0.25, 0.3) is 10.2 Å². The van der Waals surface area contributed by atoms with E-state index in [-0.39, 0.29) is 17.9 Å². The maximum absolute atomic E-state index is 13.6. The second kappa shape index (κ2) is 7.27. The molecule has 6 heteroatoms. The van der Waals surface area contributed by atoms with Crippen molar-refractivity contribution in [2.45, 2.75) is 64.2 Å². The van der Waals surface area contributed by atoms with E-state index in [9.17, 15) is 9.59 Å². The summed E-state index contributed by atoms with van der Waals surface area (Å²) in [6.45, 7) is 4.87. The number of rotatable bonds is 4. The lowest BCUT2D eigenvalue weighted by atomic mass is 9.93. The van der Waals surface area contributed by atoms with E-state index in [4.69, 9.17) is 0 Å². The highest BCUT2D eigenvalue weighted by molar-refractivity contribution is 7.16. The Balaban J connectivity index is 1.54. The summed E-state index contributed by atoms with van der Waals surface area (Å²) in [4.78, 5) is 30.1. The van der Waals surface area contributed by atoms with Crippen molar-refractivity contribution in [1.82, 2.24) is 14.8 Å². The van der Waals surface area contributed by atoms with Gasteiger partial charge in [-0.15, -0.1) is 11.3 Å². The van der Waals surface area contributed by atoms with Crippen LogP contribution in [0.5, 0.6) is 0 Å². The van der Waals surface area contributed by atoms with Crippen LogP contribution in [-0.4, -0.2) is 32.9 Å². The van der Waals surface area contributed by atoms with E-state index in [2.05, 4.69) is 24.4 Å². The van der Waals surface area contributed by atoms with Crippen LogP contribution in [0.4, 0.5) is 0 Å². The minimum Gasteiger partial charge on any atom is -0.351 e. The van der Waals surface area contributed by atoms with Gasteiger partial charge in [0.25, 0.3) is 5.91 Å². The van der Waals surface area contributed by atoms with Crippen LogP contribution >= 0.6 is 11.3 Å². The number of carbonyl (C=O) groups excluding carboxylic acids is 2. The van der Waals surface area contributed by atoms with E-state index in [1.54, 1.807) is 16.2 Å². The largest absolute Gasteiger partial charge is 0.351 e. The van der Waals surface area contributed by atoms with Crippen LogP contribution in [0.1, 0.15) is 54.2 Å². The second-order valence-electron chi connectivity index (χ2n) is 8.90. The van der Waals surface area contributed by atoms with Crippen molar-refractivity contribution < 1.29 is 9.59 Å². The summed E-state index contributed by atoms with van der Waals surface area (Å²) in [5.41, 5.74) is 1.96. The number of nitrogens with one attached hydrogen (secondary N) is 1. The van der Waals surface area contributed by atoms with Crippen molar-refractivity contribution in [2.24, 2.45) is 0 Å². The van der Waals surface area contributed by atoms with Crippen LogP contribution in [-0.2, 0) is 17.9 Å². The van der Waals surface area contributed by atoms with E-state index in [0.717, 1.165) is 41.5 Å². The van der Waals surface area contributed by atoms with Crippen LogP contribution < -0.4 is 5.32 Å². The summed E-state index contributed by atoms with van der Waals surface area (Å²) < 4.78 is 2.04. The molecule has 2 aromatic heterocycles. The van der Waals surface area contributed by atoms with Gasteiger partial charge < -0.3 is 14.8 Å². The average Bonchev–Trinajstić information content (AvgIpc) is 3.45. The summed E-state index contributed by atoms with van der Waals surface area (Å²) >= 11 is 1.62. The lowest BCUT2D eigenvalue weighted by Crippen LogP contribution is -2.64. The average molecular weight is 422 g/mol. The minimum atomic E-state index is -0.937. The molecule has 1 aromatic carbocycles. The van der Waals surface area contributed by atoms with Crippen LogP contribution in [0, 0.1) is 6.92 Å². The van der Waals surface area contributed by atoms with Crippen molar-refractivity contribution in [3.63, 3.8) is 0 Å². The number of fused-ring (bicyclic) bond motifs is 3. The first-order valence-corrected chi connectivity index (χ1v) is 11.6. The molecule has 2 aliphatic rings. The molecule has 5 nitrogen and oxygen atoms in total. The van der Waals surface area contributed by atoms with Gasteiger partial charge in [0.05, 0.1) is 6.54 Å². The molecule has 0 unspecified atom stereocenters. The van der Waals surface area contributed by atoms with Gasteiger partial charge in [-0.3, -0.25) is 9.59 Å². The quantitative estimate of drug-likeness (QED) is 0.675. The number of carbonyl (C=O) groups is 2. The topological polar surface area (TPSA) is 54.3 Å². The number of hydrogen-bond acceptors (Lipinski definition) is 3. The molecule has 1 fully saturated rings. The monoisotopic (exact) mass is 421 g/mol. The van der Waals surface area contributed by atoms with E-state index in [0.29, 0.717) is 18.8 Å². The minimum absolute atomic E-state index is 0.0427. The molecule has 156 valence electrons. The summed E-state index contributed by atoms with van der Waals surface area (Å²) in [5, 5.41) is 6.36. The predicted octanol–water partition coefficient (Wildman–Crippen LogP) is 4.48. The Kier molecular flexibility index (Phi) is 4.69. The van der Waals surface area contributed by atoms with E-state index >= 15 is 0 Å². The molecule has 1 aliphatic carbocycles. The lowest BCUT2D eigenvalue weighted by Gasteiger charge is -2.44. The SMILES string of the molecule is Cc1ccc(CN2C(=O)c3cc4ccsc4n3C[C@@]2(C)C(=O)NC2CCCC2)cc1. The second-order valence-corrected chi connectivity index (χ2v) is 9.80. The van der Waals surface area contributed by atoms with Crippen LogP contribution in [0.15, 0.2) is 41.8 Å². The third kappa shape index (κ3) is 3.14. The summed E-state index contributed by atoms with van der Waals surface area (Å²) in [6.07, 6.45) is 4.37. The van der Waals surface area contributed by atoms with Gasteiger partial charge in [0.2, 0.25) is 5.91 Å². The highest BCUT2D eigenvalue weighted by Gasteiger charge is 2.48. The zero-order valence-corrected chi connectivity index (χ0v) is 18.3. The van der Waals surface area contributed by atoms with Gasteiger partial charge in [0.1, 0.15) is 16.1 Å². The molecule has 1 atom stereocenters. The molecule has 1 saturated carbocycles. The first-order chi connectivity index (χ1) is 14.5. The highest BCUT2D eigenvalue weighted by Crippen LogP contribution is 2.35. The molecule has 3 aromatic rings. The maximum atomic E-state index is 13.6. The predicted molar refractivity (Wildman–Crippen MR) is 120 cm³/mol. The Morgan fingerprint density at radius 2 is 1.93 bits per heavy atom. The van der Waals surface area contributed by atoms with Gasteiger partial charge in [0.15, 0.2) is 0 Å².